The van der Waals surface area contributed by atoms with Gasteiger partial charge in [-0.25, -0.2) is 0 Å². The third-order valence-electron chi connectivity index (χ3n) is 3.90. The van der Waals surface area contributed by atoms with Crippen LogP contribution in [0.3, 0.4) is 0 Å². The van der Waals surface area contributed by atoms with Crippen LogP contribution in [-0.2, 0) is 4.79 Å². The zero-order valence-corrected chi connectivity index (χ0v) is 16.3. The minimum atomic E-state index is -0.154. The molecule has 130 valence electrons. The predicted octanol–water partition coefficient (Wildman–Crippen LogP) is 1.16. The van der Waals surface area contributed by atoms with Crippen LogP contribution in [0, 0.1) is 5.92 Å². The molecule has 0 aromatic carbocycles. The first-order valence-corrected chi connectivity index (χ1v) is 8.13. The monoisotopic (exact) mass is 425 g/mol. The molecule has 0 radical (unpaired) electrons. The van der Waals surface area contributed by atoms with Crippen molar-refractivity contribution in [3.63, 3.8) is 0 Å². The van der Waals surface area contributed by atoms with Gasteiger partial charge >= 0.3 is 0 Å². The largest absolute Gasteiger partial charge is 0.369 e. The van der Waals surface area contributed by atoms with E-state index in [9.17, 15) is 4.79 Å². The maximum Gasteiger partial charge on any atom is 0.221 e. The molecule has 0 bridgehead atoms. The smallest absolute Gasteiger partial charge is 0.221 e. The van der Waals surface area contributed by atoms with Crippen LogP contribution >= 0.6 is 24.0 Å². The summed E-state index contributed by atoms with van der Waals surface area (Å²) in [5.74, 6) is 0.755. The number of rotatable bonds is 8. The van der Waals surface area contributed by atoms with Crippen LogP contribution in [0.5, 0.6) is 0 Å². The van der Waals surface area contributed by atoms with E-state index in [0.717, 1.165) is 64.4 Å². The Morgan fingerprint density at radius 3 is 2.59 bits per heavy atom. The van der Waals surface area contributed by atoms with Crippen LogP contribution in [0.25, 0.3) is 0 Å². The van der Waals surface area contributed by atoms with E-state index in [0.29, 0.717) is 0 Å². The molecular weight excluding hydrogens is 393 g/mol. The first-order chi connectivity index (χ1) is 10.2. The molecule has 1 atom stereocenters. The standard InChI is InChI=1S/C15H31N5O.HI/c1-3-4-8-18-15(17-2)19-9-6-11-20-10-5-7-13(12-20)14(16)21;/h13H,3-12H2,1-2H3,(H2,16,21)(H2,17,18,19);1H. The van der Waals surface area contributed by atoms with Crippen LogP contribution < -0.4 is 16.4 Å². The molecule has 0 aromatic heterocycles. The third kappa shape index (κ3) is 8.77. The van der Waals surface area contributed by atoms with Gasteiger partial charge in [-0.3, -0.25) is 9.79 Å². The van der Waals surface area contributed by atoms with Gasteiger partial charge in [0.1, 0.15) is 0 Å². The average Bonchev–Trinajstić information content (AvgIpc) is 2.50. The van der Waals surface area contributed by atoms with E-state index in [2.05, 4.69) is 27.4 Å². The molecule has 1 fully saturated rings. The second-order valence-electron chi connectivity index (χ2n) is 5.68. The molecule has 7 heteroatoms. The summed E-state index contributed by atoms with van der Waals surface area (Å²) in [5.41, 5.74) is 5.40. The molecule has 1 aliphatic heterocycles. The van der Waals surface area contributed by atoms with Gasteiger partial charge < -0.3 is 21.3 Å². The molecule has 0 saturated carbocycles. The van der Waals surface area contributed by atoms with Crippen LogP contribution in [0.15, 0.2) is 4.99 Å². The van der Waals surface area contributed by atoms with Crippen molar-refractivity contribution in [2.75, 3.05) is 39.8 Å². The van der Waals surface area contributed by atoms with Crippen molar-refractivity contribution in [1.82, 2.24) is 15.5 Å². The number of primary amides is 1. The number of halogens is 1. The van der Waals surface area contributed by atoms with E-state index >= 15 is 0 Å². The molecule has 4 N–H and O–H groups in total. The maximum absolute atomic E-state index is 11.2. The molecule has 0 aromatic rings. The summed E-state index contributed by atoms with van der Waals surface area (Å²) in [5, 5.41) is 6.62. The Labute approximate surface area is 151 Å². The number of carbonyl (C=O) groups is 1. The van der Waals surface area contributed by atoms with Crippen molar-refractivity contribution < 1.29 is 4.79 Å². The normalized spacial score (nSPS) is 19.4. The first kappa shape index (κ1) is 21.4. The van der Waals surface area contributed by atoms with Crippen molar-refractivity contribution in [2.24, 2.45) is 16.6 Å². The summed E-state index contributed by atoms with van der Waals surface area (Å²) >= 11 is 0. The lowest BCUT2D eigenvalue weighted by atomic mass is 9.97. The van der Waals surface area contributed by atoms with Crippen molar-refractivity contribution >= 4 is 35.8 Å². The second kappa shape index (κ2) is 12.9. The van der Waals surface area contributed by atoms with E-state index in [1.807, 2.05) is 0 Å². The fourth-order valence-corrected chi connectivity index (χ4v) is 2.60. The van der Waals surface area contributed by atoms with E-state index in [1.165, 1.54) is 6.42 Å². The molecular formula is C15H32IN5O. The first-order valence-electron chi connectivity index (χ1n) is 8.13. The lowest BCUT2D eigenvalue weighted by Gasteiger charge is -2.31. The lowest BCUT2D eigenvalue weighted by molar-refractivity contribution is -0.123. The van der Waals surface area contributed by atoms with Gasteiger partial charge in [-0.2, -0.15) is 0 Å². The van der Waals surface area contributed by atoms with Crippen molar-refractivity contribution in [3.05, 3.63) is 0 Å². The lowest BCUT2D eigenvalue weighted by Crippen LogP contribution is -2.43. The summed E-state index contributed by atoms with van der Waals surface area (Å²) in [6, 6.07) is 0. The summed E-state index contributed by atoms with van der Waals surface area (Å²) in [4.78, 5) is 17.8. The van der Waals surface area contributed by atoms with Gasteiger partial charge in [0.25, 0.3) is 0 Å². The van der Waals surface area contributed by atoms with Gasteiger partial charge in [-0.1, -0.05) is 13.3 Å². The highest BCUT2D eigenvalue weighted by Gasteiger charge is 2.23. The van der Waals surface area contributed by atoms with Gasteiger partial charge in [0.05, 0.1) is 5.92 Å². The van der Waals surface area contributed by atoms with Crippen molar-refractivity contribution in [2.45, 2.75) is 39.0 Å². The number of nitrogens with one attached hydrogen (secondary N) is 2. The number of unbranched alkanes of at least 4 members (excludes halogenated alkanes) is 1. The summed E-state index contributed by atoms with van der Waals surface area (Å²) in [7, 11) is 1.80. The van der Waals surface area contributed by atoms with Crippen LogP contribution in [0.2, 0.25) is 0 Å². The average molecular weight is 425 g/mol. The Kier molecular flexibility index (Phi) is 12.6. The molecule has 1 saturated heterocycles. The molecule has 0 spiro atoms. The molecule has 6 nitrogen and oxygen atoms in total. The molecule has 1 heterocycles. The zero-order chi connectivity index (χ0) is 15.5. The number of hydrogen-bond donors (Lipinski definition) is 3. The number of aliphatic imine (C=N–C) groups is 1. The number of likely N-dealkylation sites (tertiary alicyclic amines) is 1. The molecule has 1 rings (SSSR count). The molecule has 1 amide bonds. The predicted molar refractivity (Wildman–Crippen MR) is 103 cm³/mol. The van der Waals surface area contributed by atoms with E-state index in [4.69, 9.17) is 5.73 Å². The molecule has 22 heavy (non-hydrogen) atoms. The zero-order valence-electron chi connectivity index (χ0n) is 13.9. The second-order valence-corrected chi connectivity index (χ2v) is 5.68. The van der Waals surface area contributed by atoms with Gasteiger partial charge in [-0.05, 0) is 38.8 Å². The Balaban J connectivity index is 0.00000441. The highest BCUT2D eigenvalue weighted by Crippen LogP contribution is 2.15. The minimum Gasteiger partial charge on any atom is -0.369 e. The Morgan fingerprint density at radius 2 is 2.00 bits per heavy atom. The van der Waals surface area contributed by atoms with Crippen LogP contribution in [0.1, 0.15) is 39.0 Å². The van der Waals surface area contributed by atoms with Gasteiger partial charge in [0.2, 0.25) is 5.91 Å². The third-order valence-corrected chi connectivity index (χ3v) is 3.90. The maximum atomic E-state index is 11.2. The topological polar surface area (TPSA) is 82.8 Å². The fourth-order valence-electron chi connectivity index (χ4n) is 2.60. The quantitative estimate of drug-likeness (QED) is 0.236. The van der Waals surface area contributed by atoms with Crippen LogP contribution in [-0.4, -0.2) is 56.5 Å². The Bertz CT molecular complexity index is 338. The number of amides is 1. The number of guanidine groups is 1. The summed E-state index contributed by atoms with van der Waals surface area (Å²) < 4.78 is 0. The van der Waals surface area contributed by atoms with Gasteiger partial charge in [0.15, 0.2) is 5.96 Å². The van der Waals surface area contributed by atoms with Crippen molar-refractivity contribution in [1.29, 1.82) is 0 Å². The van der Waals surface area contributed by atoms with E-state index < -0.39 is 0 Å². The van der Waals surface area contributed by atoms with Gasteiger partial charge in [-0.15, -0.1) is 24.0 Å². The molecule has 0 aliphatic carbocycles. The van der Waals surface area contributed by atoms with Crippen molar-refractivity contribution in [3.8, 4) is 0 Å². The fraction of sp³-hybridized carbons (Fsp3) is 0.867. The van der Waals surface area contributed by atoms with E-state index in [1.54, 1.807) is 7.05 Å². The highest BCUT2D eigenvalue weighted by molar-refractivity contribution is 14.0. The van der Waals surface area contributed by atoms with Crippen LogP contribution in [0.4, 0.5) is 0 Å². The summed E-state index contributed by atoms with van der Waals surface area (Å²) in [6.07, 6.45) is 5.39. The minimum absolute atomic E-state index is 0. The number of nitrogens with two attached hydrogens (primary N) is 1. The number of carbonyl (C=O) groups excluding carboxylic acids is 1. The SMILES string of the molecule is CCCCNC(=NC)NCCCN1CCCC(C(N)=O)C1.I. The Morgan fingerprint density at radius 1 is 1.32 bits per heavy atom. The number of piperidine rings is 1. The number of nitrogens with zero attached hydrogens (tertiary/aromatic N) is 2. The van der Waals surface area contributed by atoms with E-state index in [-0.39, 0.29) is 35.8 Å². The number of hydrogen-bond acceptors (Lipinski definition) is 3. The molecule has 1 unspecified atom stereocenters. The van der Waals surface area contributed by atoms with Gasteiger partial charge in [0, 0.05) is 26.7 Å². The highest BCUT2D eigenvalue weighted by atomic mass is 127. The summed E-state index contributed by atoms with van der Waals surface area (Å²) in [6.45, 7) is 6.93. The Hall–Kier alpha value is -0.570. The molecule has 1 aliphatic rings.